The fourth-order valence-corrected chi connectivity index (χ4v) is 4.54. The van der Waals surface area contributed by atoms with Gasteiger partial charge < -0.3 is 15.0 Å². The Labute approximate surface area is 181 Å². The maximum Gasteiger partial charge on any atom is 0.253 e. The number of likely N-dealkylation sites (tertiary alicyclic amines) is 1. The van der Waals surface area contributed by atoms with E-state index in [1.54, 1.807) is 30.6 Å². The van der Waals surface area contributed by atoms with Crippen LogP contribution >= 0.6 is 11.6 Å². The number of piperidine rings is 1. The molecular weight excluding hydrogens is 402 g/mol. The smallest absolute Gasteiger partial charge is 0.253 e. The zero-order chi connectivity index (χ0) is 21.0. The van der Waals surface area contributed by atoms with Crippen LogP contribution in [-0.4, -0.2) is 53.0 Å². The van der Waals surface area contributed by atoms with Crippen molar-refractivity contribution in [1.82, 2.24) is 15.2 Å². The fourth-order valence-electron chi connectivity index (χ4n) is 4.32. The van der Waals surface area contributed by atoms with Crippen molar-refractivity contribution in [3.05, 3.63) is 64.9 Å². The normalized spacial score (nSPS) is 20.3. The highest BCUT2D eigenvalue weighted by molar-refractivity contribution is 6.30. The Morgan fingerprint density at radius 3 is 2.67 bits per heavy atom. The van der Waals surface area contributed by atoms with Gasteiger partial charge >= 0.3 is 0 Å². The molecule has 6 nitrogen and oxygen atoms in total. The number of carbonyl (C=O) groups excluding carboxylic acids is 2. The number of rotatable bonds is 5. The van der Waals surface area contributed by atoms with Crippen LogP contribution in [0.4, 0.5) is 0 Å². The summed E-state index contributed by atoms with van der Waals surface area (Å²) in [6, 6.07) is 10.9. The first-order valence-corrected chi connectivity index (χ1v) is 10.8. The molecule has 158 valence electrons. The van der Waals surface area contributed by atoms with E-state index in [0.29, 0.717) is 36.6 Å². The van der Waals surface area contributed by atoms with Crippen LogP contribution in [0.25, 0.3) is 0 Å². The highest BCUT2D eigenvalue weighted by Crippen LogP contribution is 2.39. The minimum absolute atomic E-state index is 0.0239. The Hall–Kier alpha value is -2.44. The van der Waals surface area contributed by atoms with Crippen molar-refractivity contribution in [2.45, 2.75) is 43.8 Å². The van der Waals surface area contributed by atoms with Crippen molar-refractivity contribution < 1.29 is 14.3 Å². The van der Waals surface area contributed by atoms with Crippen molar-refractivity contribution in [2.75, 3.05) is 19.6 Å². The molecule has 2 fully saturated rings. The van der Waals surface area contributed by atoms with Gasteiger partial charge in [0.1, 0.15) is 0 Å². The second kappa shape index (κ2) is 9.14. The summed E-state index contributed by atoms with van der Waals surface area (Å²) in [6.45, 7) is 1.89. The van der Waals surface area contributed by atoms with Crippen LogP contribution in [0.15, 0.2) is 48.8 Å². The summed E-state index contributed by atoms with van der Waals surface area (Å²) in [4.78, 5) is 30.7. The summed E-state index contributed by atoms with van der Waals surface area (Å²) in [5, 5.41) is 3.62. The molecule has 0 saturated carbocycles. The predicted molar refractivity (Wildman–Crippen MR) is 114 cm³/mol. The second-order valence-corrected chi connectivity index (χ2v) is 8.54. The topological polar surface area (TPSA) is 71.5 Å². The van der Waals surface area contributed by atoms with Gasteiger partial charge in [0, 0.05) is 42.6 Å². The monoisotopic (exact) mass is 427 g/mol. The van der Waals surface area contributed by atoms with E-state index in [2.05, 4.69) is 10.3 Å². The highest BCUT2D eigenvalue weighted by atomic mass is 35.5. The molecule has 4 rings (SSSR count). The zero-order valence-electron chi connectivity index (χ0n) is 16.9. The average molecular weight is 428 g/mol. The van der Waals surface area contributed by atoms with Gasteiger partial charge in [-0.1, -0.05) is 23.7 Å². The van der Waals surface area contributed by atoms with Crippen LogP contribution in [0.3, 0.4) is 0 Å². The maximum absolute atomic E-state index is 12.6. The van der Waals surface area contributed by atoms with E-state index in [4.69, 9.17) is 16.3 Å². The second-order valence-electron chi connectivity index (χ2n) is 8.10. The summed E-state index contributed by atoms with van der Waals surface area (Å²) in [6.07, 6.45) is 7.18. The summed E-state index contributed by atoms with van der Waals surface area (Å²) < 4.78 is 6.36. The number of ether oxygens (including phenoxy) is 1. The number of halogens is 1. The Kier molecular flexibility index (Phi) is 6.35. The van der Waals surface area contributed by atoms with Gasteiger partial charge in [0.25, 0.3) is 5.91 Å². The van der Waals surface area contributed by atoms with Gasteiger partial charge in [0.05, 0.1) is 18.1 Å². The van der Waals surface area contributed by atoms with Gasteiger partial charge in [0.15, 0.2) is 0 Å². The molecule has 0 radical (unpaired) electrons. The summed E-state index contributed by atoms with van der Waals surface area (Å²) >= 11 is 5.98. The molecule has 0 aliphatic carbocycles. The summed E-state index contributed by atoms with van der Waals surface area (Å²) in [5.74, 6) is 0.0228. The largest absolute Gasteiger partial charge is 0.370 e. The highest BCUT2D eigenvalue weighted by Gasteiger charge is 2.43. The number of pyridine rings is 1. The van der Waals surface area contributed by atoms with E-state index in [0.717, 1.165) is 31.2 Å². The maximum atomic E-state index is 12.6. The number of nitrogens with one attached hydrogen (secondary N) is 1. The van der Waals surface area contributed by atoms with Crippen molar-refractivity contribution in [2.24, 2.45) is 0 Å². The molecule has 2 aliphatic rings. The van der Waals surface area contributed by atoms with E-state index in [9.17, 15) is 9.59 Å². The van der Waals surface area contributed by atoms with Gasteiger partial charge in [-0.15, -0.1) is 0 Å². The number of carbonyl (C=O) groups is 2. The van der Waals surface area contributed by atoms with Crippen LogP contribution < -0.4 is 5.32 Å². The van der Waals surface area contributed by atoms with E-state index >= 15 is 0 Å². The minimum Gasteiger partial charge on any atom is -0.370 e. The lowest BCUT2D eigenvalue weighted by Crippen LogP contribution is -2.47. The SMILES string of the molecule is O=C(Cc1cccc(Cl)c1)NCC1CCC2(CCN(C(=O)c3ccncc3)CC2)O1. The minimum atomic E-state index is -0.169. The van der Waals surface area contributed by atoms with E-state index in [1.165, 1.54) is 0 Å². The van der Waals surface area contributed by atoms with Gasteiger partial charge in [0.2, 0.25) is 5.91 Å². The van der Waals surface area contributed by atoms with Crippen molar-refractivity contribution in [3.63, 3.8) is 0 Å². The number of hydrogen-bond donors (Lipinski definition) is 1. The molecule has 30 heavy (non-hydrogen) atoms. The Balaban J connectivity index is 1.23. The van der Waals surface area contributed by atoms with E-state index in [1.807, 2.05) is 23.1 Å². The molecule has 2 amide bonds. The van der Waals surface area contributed by atoms with Gasteiger partial charge in [-0.05, 0) is 55.5 Å². The number of amides is 2. The molecule has 2 aromatic rings. The molecule has 1 spiro atoms. The third-order valence-corrected chi connectivity index (χ3v) is 6.24. The molecule has 1 N–H and O–H groups in total. The molecule has 1 aromatic carbocycles. The average Bonchev–Trinajstić information content (AvgIpc) is 3.15. The van der Waals surface area contributed by atoms with Gasteiger partial charge in [-0.3, -0.25) is 14.6 Å². The first-order valence-electron chi connectivity index (χ1n) is 10.4. The Bertz CT molecular complexity index is 898. The lowest BCUT2D eigenvalue weighted by molar-refractivity contribution is -0.122. The van der Waals surface area contributed by atoms with Gasteiger partial charge in [-0.25, -0.2) is 0 Å². The summed E-state index contributed by atoms with van der Waals surface area (Å²) in [7, 11) is 0. The van der Waals surface area contributed by atoms with Crippen molar-refractivity contribution in [3.8, 4) is 0 Å². The van der Waals surface area contributed by atoms with E-state index in [-0.39, 0.29) is 23.5 Å². The molecule has 0 bridgehead atoms. The molecular formula is C23H26ClN3O3. The van der Waals surface area contributed by atoms with Gasteiger partial charge in [-0.2, -0.15) is 0 Å². The van der Waals surface area contributed by atoms with E-state index < -0.39 is 0 Å². The quantitative estimate of drug-likeness (QED) is 0.795. The molecule has 1 aromatic heterocycles. The summed E-state index contributed by atoms with van der Waals surface area (Å²) in [5.41, 5.74) is 1.40. The third-order valence-electron chi connectivity index (χ3n) is 6.01. The van der Waals surface area contributed by atoms with Crippen LogP contribution in [0.1, 0.15) is 41.6 Å². The lowest BCUT2D eigenvalue weighted by Gasteiger charge is -2.39. The van der Waals surface area contributed by atoms with Crippen LogP contribution in [-0.2, 0) is 16.0 Å². The molecule has 3 heterocycles. The van der Waals surface area contributed by atoms with Crippen LogP contribution in [0, 0.1) is 0 Å². The number of hydrogen-bond acceptors (Lipinski definition) is 4. The molecule has 7 heteroatoms. The lowest BCUT2D eigenvalue weighted by atomic mass is 9.88. The Morgan fingerprint density at radius 1 is 1.17 bits per heavy atom. The number of nitrogens with zero attached hydrogens (tertiary/aromatic N) is 2. The molecule has 2 saturated heterocycles. The Morgan fingerprint density at radius 2 is 1.93 bits per heavy atom. The molecule has 1 unspecified atom stereocenters. The standard InChI is InChI=1S/C23H26ClN3O3/c24-19-3-1-2-17(14-19)15-21(28)26-16-20-4-7-23(30-20)8-12-27(13-9-23)22(29)18-5-10-25-11-6-18/h1-3,5-6,10-11,14,20H,4,7-9,12-13,15-16H2,(H,26,28). The predicted octanol–water partition coefficient (Wildman–Crippen LogP) is 3.25. The number of aromatic nitrogens is 1. The first kappa shape index (κ1) is 20.8. The fraction of sp³-hybridized carbons (Fsp3) is 0.435. The van der Waals surface area contributed by atoms with Crippen molar-refractivity contribution in [1.29, 1.82) is 0 Å². The van der Waals surface area contributed by atoms with Crippen LogP contribution in [0.5, 0.6) is 0 Å². The molecule has 1 atom stereocenters. The number of benzene rings is 1. The zero-order valence-corrected chi connectivity index (χ0v) is 17.6. The third kappa shape index (κ3) is 4.99. The van der Waals surface area contributed by atoms with Crippen LogP contribution in [0.2, 0.25) is 5.02 Å². The van der Waals surface area contributed by atoms with Crippen molar-refractivity contribution >= 4 is 23.4 Å². The molecule has 2 aliphatic heterocycles. The first-order chi connectivity index (χ1) is 14.5.